The molecular weight excluding hydrogens is 611 g/mol. The second-order valence-corrected chi connectivity index (χ2v) is 12.8. The number of carbonyl (C=O) groups excluding carboxylic acids is 3. The lowest BCUT2D eigenvalue weighted by Crippen LogP contribution is -2.30. The van der Waals surface area contributed by atoms with Crippen molar-refractivity contribution >= 4 is 57.3 Å². The maximum absolute atomic E-state index is 13.3. The van der Waals surface area contributed by atoms with Gasteiger partial charge in [0.05, 0.1) is 12.1 Å². The molecule has 2 N–H and O–H groups in total. The van der Waals surface area contributed by atoms with Crippen LogP contribution in [0.3, 0.4) is 0 Å². The molecule has 0 saturated carbocycles. The second-order valence-electron chi connectivity index (χ2n) is 10.9. The van der Waals surface area contributed by atoms with Crippen LogP contribution in [0.25, 0.3) is 0 Å². The molecule has 3 aromatic rings. The van der Waals surface area contributed by atoms with E-state index < -0.39 is 5.97 Å². The normalized spacial score (nSPS) is 14.1. The molecule has 1 heterocycles. The van der Waals surface area contributed by atoms with Crippen LogP contribution in [0.4, 0.5) is 5.00 Å². The fraction of sp³-hybridized carbons (Fsp3) is 0.406. The monoisotopic (exact) mass is 646 g/mol. The number of hydrogen-bond acceptors (Lipinski definition) is 7. The largest absolute Gasteiger partial charge is 0.484 e. The van der Waals surface area contributed by atoms with E-state index >= 15 is 0 Å². The van der Waals surface area contributed by atoms with E-state index in [1.54, 1.807) is 24.3 Å². The van der Waals surface area contributed by atoms with E-state index in [4.69, 9.17) is 37.4 Å². The van der Waals surface area contributed by atoms with E-state index in [1.165, 1.54) is 11.3 Å². The third kappa shape index (κ3) is 8.43. The number of anilines is 1. The molecule has 2 aromatic carbocycles. The third-order valence-electron chi connectivity index (χ3n) is 7.19. The van der Waals surface area contributed by atoms with Crippen LogP contribution in [0, 0.1) is 33.6 Å². The van der Waals surface area contributed by atoms with Gasteiger partial charge in [0.1, 0.15) is 23.1 Å². The zero-order chi connectivity index (χ0) is 31.3. The van der Waals surface area contributed by atoms with Gasteiger partial charge in [-0.25, -0.2) is 4.79 Å². The molecule has 0 saturated heterocycles. The Balaban J connectivity index is 1.32. The van der Waals surface area contributed by atoms with E-state index in [0.717, 1.165) is 52.0 Å². The molecule has 8 nitrogen and oxygen atoms in total. The Labute approximate surface area is 266 Å². The van der Waals surface area contributed by atoms with Gasteiger partial charge in [-0.2, -0.15) is 0 Å². The van der Waals surface area contributed by atoms with Crippen LogP contribution in [0.5, 0.6) is 11.5 Å². The lowest BCUT2D eigenvalue weighted by Gasteiger charge is -2.18. The molecule has 1 aliphatic carbocycles. The summed E-state index contributed by atoms with van der Waals surface area (Å²) in [5.74, 6) is 0.315. The maximum Gasteiger partial charge on any atom is 0.344 e. The maximum atomic E-state index is 13.3. The molecule has 0 aliphatic heterocycles. The van der Waals surface area contributed by atoms with Crippen LogP contribution in [0.15, 0.2) is 24.3 Å². The van der Waals surface area contributed by atoms with Crippen LogP contribution in [-0.4, -0.2) is 44.1 Å². The van der Waals surface area contributed by atoms with Crippen LogP contribution < -0.4 is 20.1 Å². The highest BCUT2D eigenvalue weighted by molar-refractivity contribution is 7.17. The van der Waals surface area contributed by atoms with Crippen molar-refractivity contribution in [3.63, 3.8) is 0 Å². The van der Waals surface area contributed by atoms with Gasteiger partial charge in [0.15, 0.2) is 13.2 Å². The van der Waals surface area contributed by atoms with Crippen molar-refractivity contribution < 1.29 is 28.6 Å². The van der Waals surface area contributed by atoms with Gasteiger partial charge in [-0.3, -0.25) is 9.59 Å². The number of carbonyl (C=O) groups is 3. The van der Waals surface area contributed by atoms with E-state index in [1.807, 2.05) is 27.7 Å². The Bertz CT molecular complexity index is 1490. The molecule has 1 aromatic heterocycles. The predicted molar refractivity (Wildman–Crippen MR) is 170 cm³/mol. The predicted octanol–water partition coefficient (Wildman–Crippen LogP) is 6.78. The summed E-state index contributed by atoms with van der Waals surface area (Å²) in [6.45, 7) is 9.26. The van der Waals surface area contributed by atoms with Gasteiger partial charge in [-0.15, -0.1) is 11.3 Å². The number of nitrogens with one attached hydrogen (secondary N) is 2. The number of ether oxygens (including phenoxy) is 3. The Hall–Kier alpha value is -3.27. The van der Waals surface area contributed by atoms with Crippen LogP contribution in [-0.2, 0) is 27.2 Å². The number of benzene rings is 2. The Morgan fingerprint density at radius 2 is 1.47 bits per heavy atom. The summed E-state index contributed by atoms with van der Waals surface area (Å²) < 4.78 is 16.5. The Kier molecular flexibility index (Phi) is 11.0. The standard InChI is InChI=1S/C32H36Cl2N2O6S/c1-17-6-7-24-25(10-17)43-32(36-26(37)15-41-22-11-18(2)29(33)19(3)12-22)28(24)31(39)35-8-9-40-27(38)16-42-23-13-20(4)30(34)21(5)14-23/h11-14,17H,6-10,15-16H2,1-5H3,(H,35,39)(H,36,37). The molecule has 0 bridgehead atoms. The van der Waals surface area contributed by atoms with E-state index in [0.29, 0.717) is 38.0 Å². The van der Waals surface area contributed by atoms with Gasteiger partial charge >= 0.3 is 5.97 Å². The van der Waals surface area contributed by atoms with E-state index in [-0.39, 0.29) is 38.2 Å². The quantitative estimate of drug-likeness (QED) is 0.176. The number of thiophene rings is 1. The molecule has 1 atom stereocenters. The number of hydrogen-bond donors (Lipinski definition) is 2. The summed E-state index contributed by atoms with van der Waals surface area (Å²) >= 11 is 13.8. The van der Waals surface area contributed by atoms with Crippen molar-refractivity contribution in [3.05, 3.63) is 72.6 Å². The molecule has 1 aliphatic rings. The lowest BCUT2D eigenvalue weighted by molar-refractivity contribution is -0.145. The fourth-order valence-corrected chi connectivity index (χ4v) is 6.61. The third-order valence-corrected chi connectivity index (χ3v) is 9.55. The zero-order valence-electron chi connectivity index (χ0n) is 25.0. The van der Waals surface area contributed by atoms with Gasteiger partial charge < -0.3 is 24.8 Å². The minimum absolute atomic E-state index is 0.0224. The average molecular weight is 648 g/mol. The SMILES string of the molecule is Cc1cc(OCC(=O)Nc2sc3c(c2C(=O)NCCOC(=O)COc2cc(C)c(Cl)c(C)c2)CCC(C)C3)cc(C)c1Cl. The molecule has 230 valence electrons. The minimum atomic E-state index is -0.555. The van der Waals surface area contributed by atoms with Crippen molar-refractivity contribution in [1.29, 1.82) is 0 Å². The van der Waals surface area contributed by atoms with Gasteiger partial charge in [-0.05, 0) is 105 Å². The van der Waals surface area contributed by atoms with Crippen molar-refractivity contribution in [2.24, 2.45) is 5.92 Å². The number of esters is 1. The topological polar surface area (TPSA) is 103 Å². The van der Waals surface area contributed by atoms with Gasteiger partial charge in [0, 0.05) is 14.9 Å². The van der Waals surface area contributed by atoms with Crippen molar-refractivity contribution in [2.45, 2.75) is 53.9 Å². The van der Waals surface area contributed by atoms with E-state index in [2.05, 4.69) is 17.6 Å². The summed E-state index contributed by atoms with van der Waals surface area (Å²) in [7, 11) is 0. The summed E-state index contributed by atoms with van der Waals surface area (Å²) in [4.78, 5) is 39.5. The molecule has 0 radical (unpaired) electrons. The molecule has 1 unspecified atom stereocenters. The molecule has 43 heavy (non-hydrogen) atoms. The summed E-state index contributed by atoms with van der Waals surface area (Å²) in [6, 6.07) is 7.08. The highest BCUT2D eigenvalue weighted by atomic mass is 35.5. The summed E-state index contributed by atoms with van der Waals surface area (Å²) in [5.41, 5.74) is 4.85. The first kappa shape index (κ1) is 32.6. The first-order valence-electron chi connectivity index (χ1n) is 14.1. The number of aryl methyl sites for hydroxylation is 4. The fourth-order valence-electron chi connectivity index (χ4n) is 4.97. The lowest BCUT2D eigenvalue weighted by atomic mass is 9.88. The molecule has 4 rings (SSSR count). The van der Waals surface area contributed by atoms with Crippen molar-refractivity contribution in [2.75, 3.05) is 31.7 Å². The summed E-state index contributed by atoms with van der Waals surface area (Å²) in [5, 5.41) is 7.53. The van der Waals surface area contributed by atoms with Crippen LogP contribution >= 0.6 is 34.5 Å². The van der Waals surface area contributed by atoms with Gasteiger partial charge in [0.2, 0.25) is 0 Å². The molecule has 0 fully saturated rings. The highest BCUT2D eigenvalue weighted by Gasteiger charge is 2.28. The van der Waals surface area contributed by atoms with E-state index in [9.17, 15) is 14.4 Å². The first-order chi connectivity index (χ1) is 20.4. The zero-order valence-corrected chi connectivity index (χ0v) is 27.3. The Morgan fingerprint density at radius 3 is 2.05 bits per heavy atom. The Morgan fingerprint density at radius 1 is 0.907 bits per heavy atom. The average Bonchev–Trinajstić information content (AvgIpc) is 3.30. The first-order valence-corrected chi connectivity index (χ1v) is 15.7. The van der Waals surface area contributed by atoms with Crippen LogP contribution in [0.1, 0.15) is 56.4 Å². The minimum Gasteiger partial charge on any atom is -0.484 e. The summed E-state index contributed by atoms with van der Waals surface area (Å²) in [6.07, 6.45) is 2.56. The number of rotatable bonds is 11. The molecular formula is C32H36Cl2N2O6S. The second kappa shape index (κ2) is 14.5. The molecule has 11 heteroatoms. The van der Waals surface area contributed by atoms with Gasteiger partial charge in [0.25, 0.3) is 11.8 Å². The molecule has 0 spiro atoms. The van der Waals surface area contributed by atoms with Crippen molar-refractivity contribution in [3.8, 4) is 11.5 Å². The number of fused-ring (bicyclic) bond motifs is 1. The highest BCUT2D eigenvalue weighted by Crippen LogP contribution is 2.39. The van der Waals surface area contributed by atoms with Crippen molar-refractivity contribution in [1.82, 2.24) is 5.32 Å². The van der Waals surface area contributed by atoms with Crippen LogP contribution in [0.2, 0.25) is 10.0 Å². The number of amides is 2. The molecule has 2 amide bonds. The smallest absolute Gasteiger partial charge is 0.344 e. The van der Waals surface area contributed by atoms with Gasteiger partial charge in [-0.1, -0.05) is 30.1 Å². The number of halogens is 2.